The fourth-order valence-electron chi connectivity index (χ4n) is 2.76. The van der Waals surface area contributed by atoms with Crippen LogP contribution in [-0.2, 0) is 10.0 Å². The summed E-state index contributed by atoms with van der Waals surface area (Å²) in [5, 5.41) is 0. The molecule has 0 atom stereocenters. The second-order valence-electron chi connectivity index (χ2n) is 5.64. The second-order valence-corrected chi connectivity index (χ2v) is 7.46. The van der Waals surface area contributed by atoms with E-state index in [-0.39, 0.29) is 10.9 Å². The Hall–Kier alpha value is -2.21. The van der Waals surface area contributed by atoms with E-state index in [0.717, 1.165) is 12.8 Å². The molecule has 0 spiro atoms. The van der Waals surface area contributed by atoms with Crippen LogP contribution >= 0.6 is 0 Å². The maximum Gasteiger partial charge on any atom is 0.264 e. The van der Waals surface area contributed by atoms with Gasteiger partial charge in [-0.05, 0) is 61.4 Å². The number of rotatable bonds is 8. The van der Waals surface area contributed by atoms with Crippen LogP contribution in [0.4, 0.5) is 5.69 Å². The van der Waals surface area contributed by atoms with Crippen molar-refractivity contribution in [3.8, 4) is 11.5 Å². The third-order valence-corrected chi connectivity index (χ3v) is 6.11. The number of methoxy groups -OCH3 is 2. The zero-order valence-electron chi connectivity index (χ0n) is 15.1. The largest absolute Gasteiger partial charge is 0.497 e. The molecule has 0 heterocycles. The average Bonchev–Trinajstić information content (AvgIpc) is 2.66. The summed E-state index contributed by atoms with van der Waals surface area (Å²) in [4.78, 5) is 0.246. The van der Waals surface area contributed by atoms with Crippen molar-refractivity contribution in [3.63, 3.8) is 0 Å². The van der Waals surface area contributed by atoms with Gasteiger partial charge < -0.3 is 9.47 Å². The molecule has 0 aliphatic rings. The summed E-state index contributed by atoms with van der Waals surface area (Å²) in [5.41, 5.74) is 0.630. The predicted octanol–water partition coefficient (Wildman–Crippen LogP) is 4.09. The summed E-state index contributed by atoms with van der Waals surface area (Å²) in [6, 6.07) is 13.4. The lowest BCUT2D eigenvalue weighted by Crippen LogP contribution is -2.39. The monoisotopic (exact) mass is 363 g/mol. The van der Waals surface area contributed by atoms with Crippen molar-refractivity contribution < 1.29 is 17.9 Å². The van der Waals surface area contributed by atoms with Gasteiger partial charge in [0.2, 0.25) is 0 Å². The molecule has 0 saturated heterocycles. The number of benzene rings is 2. The van der Waals surface area contributed by atoms with Gasteiger partial charge in [0.25, 0.3) is 10.0 Å². The molecule has 0 radical (unpaired) electrons. The maximum absolute atomic E-state index is 13.3. The number of anilines is 1. The molecule has 0 aliphatic heterocycles. The fourth-order valence-corrected chi connectivity index (χ4v) is 4.55. The van der Waals surface area contributed by atoms with Crippen LogP contribution in [0.15, 0.2) is 53.4 Å². The van der Waals surface area contributed by atoms with Crippen LogP contribution in [0.5, 0.6) is 11.5 Å². The predicted molar refractivity (Wildman–Crippen MR) is 100 cm³/mol. The Morgan fingerprint density at radius 2 is 1.28 bits per heavy atom. The van der Waals surface area contributed by atoms with E-state index in [0.29, 0.717) is 17.2 Å². The molecule has 0 aromatic heterocycles. The third-order valence-electron chi connectivity index (χ3n) is 4.22. The molecule has 0 N–H and O–H groups in total. The van der Waals surface area contributed by atoms with E-state index in [4.69, 9.17) is 9.47 Å². The van der Waals surface area contributed by atoms with E-state index in [1.165, 1.54) is 4.31 Å². The van der Waals surface area contributed by atoms with E-state index in [1.54, 1.807) is 62.8 Å². The molecular weight excluding hydrogens is 338 g/mol. The minimum absolute atomic E-state index is 0.125. The first-order valence-corrected chi connectivity index (χ1v) is 9.74. The second kappa shape index (κ2) is 8.25. The van der Waals surface area contributed by atoms with Crippen molar-refractivity contribution in [3.05, 3.63) is 48.5 Å². The Morgan fingerprint density at radius 3 is 1.68 bits per heavy atom. The van der Waals surface area contributed by atoms with Crippen molar-refractivity contribution in [2.45, 2.75) is 37.6 Å². The molecule has 0 bridgehead atoms. The summed E-state index contributed by atoms with van der Waals surface area (Å²) in [6.45, 7) is 3.99. The van der Waals surface area contributed by atoms with Gasteiger partial charge in [-0.15, -0.1) is 0 Å². The van der Waals surface area contributed by atoms with Crippen molar-refractivity contribution in [1.82, 2.24) is 0 Å². The van der Waals surface area contributed by atoms with E-state index in [9.17, 15) is 8.42 Å². The zero-order valence-corrected chi connectivity index (χ0v) is 15.9. The minimum atomic E-state index is -3.69. The SMILES string of the molecule is CCC(CC)N(c1ccc(OC)cc1)S(=O)(=O)c1ccc(OC)cc1. The quantitative estimate of drug-likeness (QED) is 0.709. The van der Waals surface area contributed by atoms with Gasteiger partial charge in [0.1, 0.15) is 11.5 Å². The summed E-state index contributed by atoms with van der Waals surface area (Å²) in [7, 11) is -0.547. The molecule has 5 nitrogen and oxygen atoms in total. The molecule has 2 aromatic carbocycles. The smallest absolute Gasteiger partial charge is 0.264 e. The van der Waals surface area contributed by atoms with Crippen LogP contribution in [0.3, 0.4) is 0 Å². The van der Waals surface area contributed by atoms with Crippen molar-refractivity contribution in [2.24, 2.45) is 0 Å². The lowest BCUT2D eigenvalue weighted by atomic mass is 10.1. The minimum Gasteiger partial charge on any atom is -0.497 e. The van der Waals surface area contributed by atoms with Crippen molar-refractivity contribution in [2.75, 3.05) is 18.5 Å². The fraction of sp³-hybridized carbons (Fsp3) is 0.368. The van der Waals surface area contributed by atoms with E-state index in [2.05, 4.69) is 0 Å². The first-order chi connectivity index (χ1) is 12.0. The molecule has 0 aliphatic carbocycles. The standard InChI is InChI=1S/C19H25NO4S/c1-5-15(6-2)20(16-7-9-17(23-3)10-8-16)25(21,22)19-13-11-18(24-4)12-14-19/h7-15H,5-6H2,1-4H3. The van der Waals surface area contributed by atoms with Gasteiger partial charge in [-0.25, -0.2) is 8.42 Å². The molecule has 25 heavy (non-hydrogen) atoms. The average molecular weight is 363 g/mol. The molecule has 6 heteroatoms. The topological polar surface area (TPSA) is 55.8 Å². The van der Waals surface area contributed by atoms with Gasteiger partial charge >= 0.3 is 0 Å². The van der Waals surface area contributed by atoms with Crippen LogP contribution in [0.2, 0.25) is 0 Å². The molecule has 2 rings (SSSR count). The highest BCUT2D eigenvalue weighted by Crippen LogP contribution is 2.30. The molecule has 0 fully saturated rings. The van der Waals surface area contributed by atoms with E-state index in [1.807, 2.05) is 13.8 Å². The normalized spacial score (nSPS) is 11.4. The van der Waals surface area contributed by atoms with E-state index >= 15 is 0 Å². The Bertz CT molecular complexity index is 766. The third kappa shape index (κ3) is 4.07. The number of hydrogen-bond acceptors (Lipinski definition) is 4. The van der Waals surface area contributed by atoms with Crippen LogP contribution in [0.25, 0.3) is 0 Å². The van der Waals surface area contributed by atoms with E-state index < -0.39 is 10.0 Å². The zero-order chi connectivity index (χ0) is 18.4. The highest BCUT2D eigenvalue weighted by Gasteiger charge is 2.30. The summed E-state index contributed by atoms with van der Waals surface area (Å²) in [6.07, 6.45) is 1.44. The lowest BCUT2D eigenvalue weighted by Gasteiger charge is -2.32. The van der Waals surface area contributed by atoms with Crippen LogP contribution in [-0.4, -0.2) is 28.7 Å². The molecule has 136 valence electrons. The maximum atomic E-state index is 13.3. The number of hydrogen-bond donors (Lipinski definition) is 0. The summed E-state index contributed by atoms with van der Waals surface area (Å²) in [5.74, 6) is 1.31. The Balaban J connectivity index is 2.52. The first kappa shape index (κ1) is 19.1. The molecule has 0 amide bonds. The molecule has 0 unspecified atom stereocenters. The van der Waals surface area contributed by atoms with Gasteiger partial charge in [0.05, 0.1) is 24.8 Å². The number of nitrogens with zero attached hydrogens (tertiary/aromatic N) is 1. The summed E-state index contributed by atoms with van der Waals surface area (Å²) >= 11 is 0. The van der Waals surface area contributed by atoms with Crippen LogP contribution in [0.1, 0.15) is 26.7 Å². The molecule has 0 saturated carbocycles. The number of ether oxygens (including phenoxy) is 2. The Labute approximate surface area is 150 Å². The van der Waals surface area contributed by atoms with Crippen LogP contribution in [0, 0.1) is 0 Å². The van der Waals surface area contributed by atoms with Gasteiger partial charge in [-0.3, -0.25) is 4.31 Å². The first-order valence-electron chi connectivity index (χ1n) is 8.30. The lowest BCUT2D eigenvalue weighted by molar-refractivity contribution is 0.414. The van der Waals surface area contributed by atoms with Crippen molar-refractivity contribution >= 4 is 15.7 Å². The molecule has 2 aromatic rings. The van der Waals surface area contributed by atoms with Gasteiger partial charge in [0.15, 0.2) is 0 Å². The highest BCUT2D eigenvalue weighted by atomic mass is 32.2. The van der Waals surface area contributed by atoms with Crippen LogP contribution < -0.4 is 13.8 Å². The van der Waals surface area contributed by atoms with Gasteiger partial charge in [0, 0.05) is 6.04 Å². The highest BCUT2D eigenvalue weighted by molar-refractivity contribution is 7.92. The van der Waals surface area contributed by atoms with Gasteiger partial charge in [-0.1, -0.05) is 13.8 Å². The van der Waals surface area contributed by atoms with Gasteiger partial charge in [-0.2, -0.15) is 0 Å². The molecular formula is C19H25NO4S. The number of sulfonamides is 1. The Morgan fingerprint density at radius 1 is 0.840 bits per heavy atom. The Kier molecular flexibility index (Phi) is 6.31. The van der Waals surface area contributed by atoms with Crippen molar-refractivity contribution in [1.29, 1.82) is 0 Å². The summed E-state index contributed by atoms with van der Waals surface area (Å²) < 4.78 is 38.4.